The highest BCUT2D eigenvalue weighted by molar-refractivity contribution is 6.06. The molecular formula is C21H21N3O4. The summed E-state index contributed by atoms with van der Waals surface area (Å²) < 4.78 is 10.2. The van der Waals surface area contributed by atoms with Crippen molar-refractivity contribution in [2.75, 3.05) is 19.0 Å². The summed E-state index contributed by atoms with van der Waals surface area (Å²) in [6.07, 6.45) is 1.36. The van der Waals surface area contributed by atoms with Crippen molar-refractivity contribution >= 4 is 17.6 Å². The third kappa shape index (κ3) is 5.61. The van der Waals surface area contributed by atoms with E-state index in [0.717, 1.165) is 5.56 Å². The molecule has 0 radical (unpaired) electrons. The van der Waals surface area contributed by atoms with Gasteiger partial charge in [-0.2, -0.15) is 5.26 Å². The maximum atomic E-state index is 12.3. The van der Waals surface area contributed by atoms with Gasteiger partial charge in [0.15, 0.2) is 0 Å². The molecule has 2 aromatic carbocycles. The van der Waals surface area contributed by atoms with Crippen LogP contribution < -0.4 is 15.4 Å². The van der Waals surface area contributed by atoms with Crippen molar-refractivity contribution in [3.8, 4) is 11.8 Å². The number of methoxy groups -OCH3 is 1. The first-order valence-corrected chi connectivity index (χ1v) is 8.63. The number of nitrogens with one attached hydrogen (secondary N) is 2. The zero-order chi connectivity index (χ0) is 20.4. The van der Waals surface area contributed by atoms with E-state index in [9.17, 15) is 14.9 Å². The molecule has 0 heterocycles. The smallest absolute Gasteiger partial charge is 0.338 e. The molecule has 1 amide bonds. The van der Waals surface area contributed by atoms with Crippen LogP contribution in [0.5, 0.6) is 5.75 Å². The summed E-state index contributed by atoms with van der Waals surface area (Å²) in [5.41, 5.74) is 1.66. The van der Waals surface area contributed by atoms with E-state index in [-0.39, 0.29) is 12.2 Å². The first kappa shape index (κ1) is 20.5. The highest BCUT2D eigenvalue weighted by Gasteiger charge is 2.11. The van der Waals surface area contributed by atoms with Crippen LogP contribution in [-0.2, 0) is 16.1 Å². The average molecular weight is 379 g/mol. The number of rotatable bonds is 8. The van der Waals surface area contributed by atoms with Crippen molar-refractivity contribution in [2.45, 2.75) is 13.5 Å². The van der Waals surface area contributed by atoms with E-state index in [1.165, 1.54) is 6.20 Å². The lowest BCUT2D eigenvalue weighted by Crippen LogP contribution is -2.17. The summed E-state index contributed by atoms with van der Waals surface area (Å²) in [6, 6.07) is 15.6. The van der Waals surface area contributed by atoms with E-state index in [2.05, 4.69) is 10.6 Å². The van der Waals surface area contributed by atoms with Gasteiger partial charge in [-0.25, -0.2) is 4.79 Å². The normalized spacial score (nSPS) is 10.5. The summed E-state index contributed by atoms with van der Waals surface area (Å²) in [4.78, 5) is 23.9. The minimum atomic E-state index is -0.557. The fraction of sp³-hybridized carbons (Fsp3) is 0.190. The summed E-state index contributed by atoms with van der Waals surface area (Å²) in [6.45, 7) is 2.41. The van der Waals surface area contributed by atoms with Crippen molar-refractivity contribution < 1.29 is 19.1 Å². The van der Waals surface area contributed by atoms with E-state index >= 15 is 0 Å². The molecule has 2 aromatic rings. The zero-order valence-corrected chi connectivity index (χ0v) is 15.7. The van der Waals surface area contributed by atoms with Crippen LogP contribution in [0.2, 0.25) is 0 Å². The Morgan fingerprint density at radius 2 is 1.86 bits per heavy atom. The Morgan fingerprint density at radius 1 is 1.14 bits per heavy atom. The SMILES string of the molecule is CCOC(=O)c1ccc(NC(=O)/C(C#N)=C\NCc2ccccc2OC)cc1. The second-order valence-electron chi connectivity index (χ2n) is 5.61. The van der Waals surface area contributed by atoms with Gasteiger partial charge in [0.25, 0.3) is 5.91 Å². The molecule has 0 fully saturated rings. The van der Waals surface area contributed by atoms with Crippen molar-refractivity contribution in [2.24, 2.45) is 0 Å². The number of benzene rings is 2. The Balaban J connectivity index is 1.98. The van der Waals surface area contributed by atoms with Gasteiger partial charge in [0.2, 0.25) is 0 Å². The van der Waals surface area contributed by atoms with Gasteiger partial charge < -0.3 is 20.1 Å². The molecular weight excluding hydrogens is 358 g/mol. The van der Waals surface area contributed by atoms with Crippen LogP contribution in [0, 0.1) is 11.3 Å². The van der Waals surface area contributed by atoms with Crippen molar-refractivity contribution in [3.63, 3.8) is 0 Å². The number of esters is 1. The molecule has 0 aliphatic rings. The maximum Gasteiger partial charge on any atom is 0.338 e. The molecule has 28 heavy (non-hydrogen) atoms. The largest absolute Gasteiger partial charge is 0.496 e. The highest BCUT2D eigenvalue weighted by Crippen LogP contribution is 2.17. The Morgan fingerprint density at radius 3 is 2.50 bits per heavy atom. The van der Waals surface area contributed by atoms with E-state index < -0.39 is 11.9 Å². The molecule has 7 heteroatoms. The lowest BCUT2D eigenvalue weighted by atomic mass is 10.2. The lowest BCUT2D eigenvalue weighted by Gasteiger charge is -2.09. The second kappa shape index (κ2) is 10.4. The van der Waals surface area contributed by atoms with Gasteiger partial charge in [0.1, 0.15) is 17.4 Å². The van der Waals surface area contributed by atoms with Gasteiger partial charge in [-0.3, -0.25) is 4.79 Å². The summed E-state index contributed by atoms with van der Waals surface area (Å²) in [5.74, 6) is -0.273. The number of hydrogen-bond acceptors (Lipinski definition) is 6. The predicted molar refractivity (Wildman–Crippen MR) is 105 cm³/mol. The number of anilines is 1. The number of hydrogen-bond donors (Lipinski definition) is 2. The number of ether oxygens (including phenoxy) is 2. The quantitative estimate of drug-likeness (QED) is 0.415. The summed E-state index contributed by atoms with van der Waals surface area (Å²) >= 11 is 0. The molecule has 0 saturated carbocycles. The topological polar surface area (TPSA) is 100 Å². The van der Waals surface area contributed by atoms with Gasteiger partial charge in [-0.1, -0.05) is 18.2 Å². The van der Waals surface area contributed by atoms with E-state index in [0.29, 0.717) is 23.5 Å². The van der Waals surface area contributed by atoms with Crippen molar-refractivity contribution in [3.05, 3.63) is 71.4 Å². The van der Waals surface area contributed by atoms with Crippen LogP contribution in [0.4, 0.5) is 5.69 Å². The van der Waals surface area contributed by atoms with Crippen LogP contribution in [0.25, 0.3) is 0 Å². The third-order valence-corrected chi connectivity index (χ3v) is 3.75. The number of nitriles is 1. The summed E-state index contributed by atoms with van der Waals surface area (Å²) in [7, 11) is 1.58. The molecule has 7 nitrogen and oxygen atoms in total. The van der Waals surface area contributed by atoms with Crippen LogP contribution in [0.15, 0.2) is 60.3 Å². The van der Waals surface area contributed by atoms with E-state index in [4.69, 9.17) is 9.47 Å². The average Bonchev–Trinajstić information content (AvgIpc) is 2.72. The van der Waals surface area contributed by atoms with Gasteiger partial charge in [-0.15, -0.1) is 0 Å². The fourth-order valence-corrected chi connectivity index (χ4v) is 2.36. The van der Waals surface area contributed by atoms with Crippen LogP contribution >= 0.6 is 0 Å². The molecule has 2 rings (SSSR count). The maximum absolute atomic E-state index is 12.3. The Bertz CT molecular complexity index is 899. The molecule has 0 unspecified atom stereocenters. The molecule has 0 aliphatic heterocycles. The van der Waals surface area contributed by atoms with Gasteiger partial charge in [0.05, 0.1) is 19.3 Å². The highest BCUT2D eigenvalue weighted by atomic mass is 16.5. The minimum Gasteiger partial charge on any atom is -0.496 e. The van der Waals surface area contributed by atoms with E-state index in [1.807, 2.05) is 30.3 Å². The third-order valence-electron chi connectivity index (χ3n) is 3.75. The first-order chi connectivity index (χ1) is 13.6. The first-order valence-electron chi connectivity index (χ1n) is 8.63. The number of amides is 1. The molecule has 0 atom stereocenters. The molecule has 0 saturated heterocycles. The molecule has 0 spiro atoms. The van der Waals surface area contributed by atoms with Crippen molar-refractivity contribution in [1.82, 2.24) is 5.32 Å². The van der Waals surface area contributed by atoms with Crippen LogP contribution in [0.1, 0.15) is 22.8 Å². The molecule has 0 aromatic heterocycles. The fourth-order valence-electron chi connectivity index (χ4n) is 2.36. The second-order valence-corrected chi connectivity index (χ2v) is 5.61. The number of para-hydroxylation sites is 1. The molecule has 144 valence electrons. The number of nitrogens with zero attached hydrogens (tertiary/aromatic N) is 1. The molecule has 0 bridgehead atoms. The lowest BCUT2D eigenvalue weighted by molar-refractivity contribution is -0.112. The monoisotopic (exact) mass is 379 g/mol. The standard InChI is InChI=1S/C21H21N3O4/c1-3-28-21(26)15-8-10-18(11-9-15)24-20(25)17(12-22)14-23-13-16-6-4-5-7-19(16)27-2/h4-11,14,23H,3,13H2,1-2H3,(H,24,25)/b17-14-. The van der Waals surface area contributed by atoms with E-state index in [1.54, 1.807) is 38.3 Å². The Labute approximate surface area is 163 Å². The van der Waals surface area contributed by atoms with Crippen LogP contribution in [-0.4, -0.2) is 25.6 Å². The Kier molecular flexibility index (Phi) is 7.61. The molecule has 0 aliphatic carbocycles. The Hall–Kier alpha value is -3.79. The van der Waals surface area contributed by atoms with Gasteiger partial charge >= 0.3 is 5.97 Å². The van der Waals surface area contributed by atoms with Crippen LogP contribution in [0.3, 0.4) is 0 Å². The summed E-state index contributed by atoms with van der Waals surface area (Å²) in [5, 5.41) is 14.8. The molecule has 2 N–H and O–H groups in total. The zero-order valence-electron chi connectivity index (χ0n) is 15.7. The number of carbonyl (C=O) groups excluding carboxylic acids is 2. The predicted octanol–water partition coefficient (Wildman–Crippen LogP) is 3.01. The van der Waals surface area contributed by atoms with Crippen molar-refractivity contribution in [1.29, 1.82) is 5.26 Å². The van der Waals surface area contributed by atoms with Gasteiger partial charge in [0, 0.05) is 24.0 Å². The minimum absolute atomic E-state index is 0.0793. The number of carbonyl (C=O) groups is 2. The van der Waals surface area contributed by atoms with Gasteiger partial charge in [-0.05, 0) is 37.3 Å².